The molecule has 0 aliphatic carbocycles. The van der Waals surface area contributed by atoms with Gasteiger partial charge < -0.3 is 24.2 Å². The summed E-state index contributed by atoms with van der Waals surface area (Å²) in [6, 6.07) is 7.70. The molecule has 1 rings (SSSR count). The summed E-state index contributed by atoms with van der Waals surface area (Å²) in [4.78, 5) is 14.2. The Morgan fingerprint density at radius 1 is 1.17 bits per heavy atom. The van der Waals surface area contributed by atoms with E-state index in [4.69, 9.17) is 19.3 Å². The molecule has 0 aliphatic rings. The van der Waals surface area contributed by atoms with Crippen LogP contribution in [-0.2, 0) is 20.8 Å². The van der Waals surface area contributed by atoms with Crippen molar-refractivity contribution in [2.24, 2.45) is 0 Å². The van der Waals surface area contributed by atoms with Crippen LogP contribution < -0.4 is 4.74 Å². The molecule has 136 valence electrons. The zero-order valence-electron chi connectivity index (χ0n) is 14.9. The molecular weight excluding hydrogens is 310 g/mol. The van der Waals surface area contributed by atoms with E-state index >= 15 is 0 Å². The maximum absolute atomic E-state index is 12.5. The third-order valence-corrected chi connectivity index (χ3v) is 3.65. The van der Waals surface area contributed by atoms with E-state index in [9.17, 15) is 4.79 Å². The summed E-state index contributed by atoms with van der Waals surface area (Å²) in [5.74, 6) is 0.838. The van der Waals surface area contributed by atoms with Crippen LogP contribution in [0.5, 0.6) is 5.75 Å². The van der Waals surface area contributed by atoms with E-state index in [0.29, 0.717) is 39.0 Å². The van der Waals surface area contributed by atoms with E-state index in [0.717, 1.165) is 11.3 Å². The molecule has 0 aliphatic heterocycles. The highest BCUT2D eigenvalue weighted by atomic mass is 16.7. The lowest BCUT2D eigenvalue weighted by molar-refractivity contribution is -0.146. The molecule has 0 saturated heterocycles. The van der Waals surface area contributed by atoms with Gasteiger partial charge in [-0.2, -0.15) is 0 Å². The summed E-state index contributed by atoms with van der Waals surface area (Å²) in [6.45, 7) is 3.51. The fraction of sp³-hybridized carbons (Fsp3) is 0.611. The first-order valence-corrected chi connectivity index (χ1v) is 8.30. The lowest BCUT2D eigenvalue weighted by atomic mass is 10.1. The van der Waals surface area contributed by atoms with Gasteiger partial charge in [-0.3, -0.25) is 4.79 Å². The monoisotopic (exact) mass is 339 g/mol. The molecule has 0 aromatic heterocycles. The van der Waals surface area contributed by atoms with Gasteiger partial charge in [0.15, 0.2) is 6.29 Å². The molecule has 0 atom stereocenters. The number of aliphatic hydroxyl groups excluding tert-OH is 1. The van der Waals surface area contributed by atoms with Crippen molar-refractivity contribution in [3.63, 3.8) is 0 Å². The molecule has 1 aromatic rings. The average Bonchev–Trinajstić information content (AvgIpc) is 2.60. The van der Waals surface area contributed by atoms with Crippen LogP contribution in [0.2, 0.25) is 0 Å². The normalized spacial score (nSPS) is 10.9. The Hall–Kier alpha value is -1.63. The van der Waals surface area contributed by atoms with Gasteiger partial charge in [-0.15, -0.1) is 0 Å². The van der Waals surface area contributed by atoms with Gasteiger partial charge in [-0.25, -0.2) is 0 Å². The second-order valence-electron chi connectivity index (χ2n) is 5.43. The number of aliphatic hydroxyl groups is 1. The van der Waals surface area contributed by atoms with E-state index in [1.54, 1.807) is 19.1 Å². The number of carbonyl (C=O) groups is 1. The zero-order valence-corrected chi connectivity index (χ0v) is 14.9. The van der Waals surface area contributed by atoms with Crippen molar-refractivity contribution in [3.8, 4) is 5.75 Å². The number of ether oxygens (including phenoxy) is 3. The molecule has 0 saturated carbocycles. The third-order valence-electron chi connectivity index (χ3n) is 3.65. The molecule has 6 nitrogen and oxygen atoms in total. The van der Waals surface area contributed by atoms with Crippen LogP contribution in [0.15, 0.2) is 24.3 Å². The van der Waals surface area contributed by atoms with Gasteiger partial charge in [0.25, 0.3) is 0 Å². The Labute approximate surface area is 144 Å². The quantitative estimate of drug-likeness (QED) is 0.467. The summed E-state index contributed by atoms with van der Waals surface area (Å²) in [6.07, 6.45) is 1.23. The standard InChI is InChI=1S/C18H29NO5/c1-4-24-16-10-8-15(9-11-16)13-19(14-18(22-2)23-3)17(21)7-5-6-12-20/h8-11,18,20H,4-7,12-14H2,1-3H3. The maximum atomic E-state index is 12.5. The Kier molecular flexibility index (Phi) is 10.1. The molecule has 0 radical (unpaired) electrons. The number of hydrogen-bond donors (Lipinski definition) is 1. The number of nitrogens with zero attached hydrogens (tertiary/aromatic N) is 1. The van der Waals surface area contributed by atoms with Crippen molar-refractivity contribution < 1.29 is 24.1 Å². The van der Waals surface area contributed by atoms with Gasteiger partial charge >= 0.3 is 0 Å². The Balaban J connectivity index is 2.73. The van der Waals surface area contributed by atoms with E-state index in [-0.39, 0.29) is 12.5 Å². The van der Waals surface area contributed by atoms with Crippen LogP contribution in [0, 0.1) is 0 Å². The van der Waals surface area contributed by atoms with Crippen LogP contribution >= 0.6 is 0 Å². The number of carbonyl (C=O) groups excluding carboxylic acids is 1. The summed E-state index contributed by atoms with van der Waals surface area (Å²) in [5.41, 5.74) is 1.01. The Morgan fingerprint density at radius 3 is 2.38 bits per heavy atom. The molecule has 1 amide bonds. The highest BCUT2D eigenvalue weighted by molar-refractivity contribution is 5.76. The topological polar surface area (TPSA) is 68.2 Å². The van der Waals surface area contributed by atoms with E-state index in [1.807, 2.05) is 31.2 Å². The lowest BCUT2D eigenvalue weighted by Crippen LogP contribution is -2.38. The van der Waals surface area contributed by atoms with Crippen molar-refractivity contribution in [1.29, 1.82) is 0 Å². The smallest absolute Gasteiger partial charge is 0.223 e. The van der Waals surface area contributed by atoms with Gasteiger partial charge in [-0.05, 0) is 37.5 Å². The molecule has 0 unspecified atom stereocenters. The fourth-order valence-electron chi connectivity index (χ4n) is 2.30. The summed E-state index contributed by atoms with van der Waals surface area (Å²) >= 11 is 0. The van der Waals surface area contributed by atoms with E-state index in [1.165, 1.54) is 0 Å². The second-order valence-corrected chi connectivity index (χ2v) is 5.43. The van der Waals surface area contributed by atoms with Crippen molar-refractivity contribution in [3.05, 3.63) is 29.8 Å². The molecule has 24 heavy (non-hydrogen) atoms. The molecule has 0 fully saturated rings. The largest absolute Gasteiger partial charge is 0.494 e. The lowest BCUT2D eigenvalue weighted by Gasteiger charge is -2.26. The minimum Gasteiger partial charge on any atom is -0.494 e. The van der Waals surface area contributed by atoms with Gasteiger partial charge in [0.1, 0.15) is 5.75 Å². The van der Waals surface area contributed by atoms with Crippen LogP contribution in [0.3, 0.4) is 0 Å². The SMILES string of the molecule is CCOc1ccc(CN(CC(OC)OC)C(=O)CCCCO)cc1. The second kappa shape index (κ2) is 11.8. The van der Waals surface area contributed by atoms with Crippen molar-refractivity contribution in [2.75, 3.05) is 34.0 Å². The van der Waals surface area contributed by atoms with E-state index in [2.05, 4.69) is 0 Å². The summed E-state index contributed by atoms with van der Waals surface area (Å²) in [7, 11) is 3.11. The summed E-state index contributed by atoms with van der Waals surface area (Å²) in [5, 5.41) is 8.87. The van der Waals surface area contributed by atoms with Crippen LogP contribution in [-0.4, -0.2) is 56.2 Å². The van der Waals surface area contributed by atoms with Gasteiger partial charge in [0, 0.05) is 33.8 Å². The Bertz CT molecular complexity index is 459. The average molecular weight is 339 g/mol. The third kappa shape index (κ3) is 7.29. The molecule has 1 aromatic carbocycles. The van der Waals surface area contributed by atoms with Crippen molar-refractivity contribution in [2.45, 2.75) is 39.0 Å². The molecule has 0 heterocycles. The minimum absolute atomic E-state index is 0.0245. The van der Waals surface area contributed by atoms with Crippen LogP contribution in [0.25, 0.3) is 0 Å². The first-order valence-electron chi connectivity index (χ1n) is 8.30. The number of methoxy groups -OCH3 is 2. The minimum atomic E-state index is -0.463. The predicted molar refractivity (Wildman–Crippen MR) is 91.8 cm³/mol. The number of unbranched alkanes of at least 4 members (excludes halogenated alkanes) is 1. The summed E-state index contributed by atoms with van der Waals surface area (Å²) < 4.78 is 15.9. The van der Waals surface area contributed by atoms with Crippen molar-refractivity contribution in [1.82, 2.24) is 4.90 Å². The first kappa shape index (κ1) is 20.4. The van der Waals surface area contributed by atoms with E-state index < -0.39 is 6.29 Å². The predicted octanol–water partition coefficient (Wildman–Crippen LogP) is 2.20. The first-order chi connectivity index (χ1) is 11.6. The highest BCUT2D eigenvalue weighted by Crippen LogP contribution is 2.15. The molecule has 6 heteroatoms. The Morgan fingerprint density at radius 2 is 1.83 bits per heavy atom. The number of amides is 1. The number of rotatable bonds is 12. The van der Waals surface area contributed by atoms with Crippen molar-refractivity contribution >= 4 is 5.91 Å². The molecular formula is C18H29NO5. The number of benzene rings is 1. The fourth-order valence-corrected chi connectivity index (χ4v) is 2.30. The zero-order chi connectivity index (χ0) is 17.8. The molecule has 0 bridgehead atoms. The highest BCUT2D eigenvalue weighted by Gasteiger charge is 2.18. The maximum Gasteiger partial charge on any atom is 0.223 e. The van der Waals surface area contributed by atoms with Gasteiger partial charge in [0.2, 0.25) is 5.91 Å². The van der Waals surface area contributed by atoms with Gasteiger partial charge in [0.05, 0.1) is 13.2 Å². The van der Waals surface area contributed by atoms with Crippen LogP contribution in [0.1, 0.15) is 31.7 Å². The van der Waals surface area contributed by atoms with Crippen LogP contribution in [0.4, 0.5) is 0 Å². The van der Waals surface area contributed by atoms with Gasteiger partial charge in [-0.1, -0.05) is 12.1 Å². The molecule has 1 N–H and O–H groups in total. The molecule has 0 spiro atoms. The number of hydrogen-bond acceptors (Lipinski definition) is 5.